The summed E-state index contributed by atoms with van der Waals surface area (Å²) in [4.78, 5) is 18.2. The highest BCUT2D eigenvalue weighted by atomic mass is 16.5. The van der Waals surface area contributed by atoms with Crippen molar-refractivity contribution < 1.29 is 14.1 Å². The van der Waals surface area contributed by atoms with E-state index in [2.05, 4.69) is 15.0 Å². The maximum absolute atomic E-state index is 11.5. The zero-order valence-electron chi connectivity index (χ0n) is 11.9. The molecule has 0 radical (unpaired) electrons. The monoisotopic (exact) mass is 279 g/mol. The zero-order valence-corrected chi connectivity index (χ0v) is 11.9. The van der Waals surface area contributed by atoms with Crippen molar-refractivity contribution in [2.45, 2.75) is 57.0 Å². The molecule has 1 aliphatic heterocycles. The summed E-state index contributed by atoms with van der Waals surface area (Å²) in [6, 6.07) is 0.229. The number of rotatable bonds is 5. The topological polar surface area (TPSA) is 68.5 Å². The summed E-state index contributed by atoms with van der Waals surface area (Å²) in [6.45, 7) is 1.62. The van der Waals surface area contributed by atoms with E-state index >= 15 is 0 Å². The highest BCUT2D eigenvalue weighted by molar-refractivity contribution is 5.69. The van der Waals surface area contributed by atoms with Crippen LogP contribution in [0.4, 0.5) is 0 Å². The molecule has 2 fully saturated rings. The van der Waals surface area contributed by atoms with Crippen molar-refractivity contribution in [3.05, 3.63) is 11.7 Å². The number of likely N-dealkylation sites (tertiary alicyclic amines) is 1. The van der Waals surface area contributed by atoms with E-state index in [1.54, 1.807) is 0 Å². The summed E-state index contributed by atoms with van der Waals surface area (Å²) >= 11 is 0. The van der Waals surface area contributed by atoms with Gasteiger partial charge in [-0.3, -0.25) is 9.69 Å². The smallest absolute Gasteiger partial charge is 0.307 e. The summed E-state index contributed by atoms with van der Waals surface area (Å²) in [6.07, 6.45) is 6.14. The lowest BCUT2D eigenvalue weighted by atomic mass is 9.99. The van der Waals surface area contributed by atoms with Gasteiger partial charge in [-0.15, -0.1) is 0 Å². The van der Waals surface area contributed by atoms with Gasteiger partial charge in [-0.2, -0.15) is 4.98 Å². The molecular weight excluding hydrogens is 258 g/mol. The van der Waals surface area contributed by atoms with Crippen LogP contribution in [0.2, 0.25) is 0 Å². The second-order valence-corrected chi connectivity index (χ2v) is 5.72. The van der Waals surface area contributed by atoms with Crippen LogP contribution in [-0.2, 0) is 16.1 Å². The van der Waals surface area contributed by atoms with Gasteiger partial charge < -0.3 is 9.26 Å². The minimum atomic E-state index is -0.147. The van der Waals surface area contributed by atoms with Gasteiger partial charge in [0.05, 0.1) is 20.1 Å². The fourth-order valence-corrected chi connectivity index (χ4v) is 2.79. The third kappa shape index (κ3) is 3.17. The van der Waals surface area contributed by atoms with E-state index in [-0.39, 0.29) is 12.0 Å². The van der Waals surface area contributed by atoms with Crippen LogP contribution < -0.4 is 0 Å². The quantitative estimate of drug-likeness (QED) is 0.766. The van der Waals surface area contributed by atoms with Crippen LogP contribution >= 0.6 is 0 Å². The minimum Gasteiger partial charge on any atom is -0.469 e. The number of aromatic nitrogens is 2. The molecule has 1 aromatic heterocycles. The Morgan fingerprint density at radius 2 is 2.25 bits per heavy atom. The molecule has 0 N–H and O–H groups in total. The molecule has 1 saturated heterocycles. The Morgan fingerprint density at radius 3 is 3.00 bits per heavy atom. The molecule has 2 aliphatic rings. The van der Waals surface area contributed by atoms with Crippen LogP contribution in [0.5, 0.6) is 0 Å². The van der Waals surface area contributed by atoms with Gasteiger partial charge in [0.15, 0.2) is 5.82 Å². The highest BCUT2D eigenvalue weighted by Gasteiger charge is 2.30. The van der Waals surface area contributed by atoms with Crippen molar-refractivity contribution >= 4 is 5.97 Å². The Bertz CT molecular complexity index is 470. The maximum atomic E-state index is 11.5. The Labute approximate surface area is 118 Å². The molecule has 1 atom stereocenters. The maximum Gasteiger partial charge on any atom is 0.307 e. The average Bonchev–Trinajstić information content (AvgIpc) is 3.21. The van der Waals surface area contributed by atoms with Crippen LogP contribution in [0, 0.1) is 0 Å². The van der Waals surface area contributed by atoms with Gasteiger partial charge in [-0.25, -0.2) is 0 Å². The number of nitrogens with zero attached hydrogens (tertiary/aromatic N) is 3. The summed E-state index contributed by atoms with van der Waals surface area (Å²) in [7, 11) is 1.44. The molecule has 3 rings (SSSR count). The average molecular weight is 279 g/mol. The Hall–Kier alpha value is -1.43. The summed E-state index contributed by atoms with van der Waals surface area (Å²) < 4.78 is 10.1. The minimum absolute atomic E-state index is 0.147. The molecule has 6 nitrogen and oxygen atoms in total. The first-order valence-electron chi connectivity index (χ1n) is 7.39. The lowest BCUT2D eigenvalue weighted by Gasteiger charge is -2.33. The Balaban J connectivity index is 1.61. The molecule has 1 aliphatic carbocycles. The number of ether oxygens (including phenoxy) is 1. The number of piperidine rings is 1. The molecular formula is C14H21N3O3. The van der Waals surface area contributed by atoms with Gasteiger partial charge in [-0.1, -0.05) is 11.6 Å². The largest absolute Gasteiger partial charge is 0.469 e. The van der Waals surface area contributed by atoms with E-state index in [0.29, 0.717) is 24.8 Å². The normalized spacial score (nSPS) is 23.8. The Morgan fingerprint density at radius 1 is 1.40 bits per heavy atom. The molecule has 20 heavy (non-hydrogen) atoms. The number of hydrogen-bond acceptors (Lipinski definition) is 6. The molecule has 6 heteroatoms. The van der Waals surface area contributed by atoms with Gasteiger partial charge in [-0.05, 0) is 32.2 Å². The Kier molecular flexibility index (Phi) is 4.00. The molecule has 0 spiro atoms. The SMILES string of the molecule is COC(=O)CC1CCCCN1Cc1nc(C2CC2)no1. The zero-order chi connectivity index (χ0) is 13.9. The van der Waals surface area contributed by atoms with Gasteiger partial charge in [0, 0.05) is 12.0 Å². The van der Waals surface area contributed by atoms with Gasteiger partial charge in [0.1, 0.15) is 0 Å². The molecule has 2 heterocycles. The third-order valence-corrected chi connectivity index (χ3v) is 4.14. The van der Waals surface area contributed by atoms with Crippen LogP contribution in [0.1, 0.15) is 56.2 Å². The number of esters is 1. The van der Waals surface area contributed by atoms with Crippen molar-refractivity contribution in [2.75, 3.05) is 13.7 Å². The van der Waals surface area contributed by atoms with Crippen molar-refractivity contribution in [3.63, 3.8) is 0 Å². The molecule has 0 bridgehead atoms. The fraction of sp³-hybridized carbons (Fsp3) is 0.786. The fourth-order valence-electron chi connectivity index (χ4n) is 2.79. The molecule has 110 valence electrons. The number of carbonyl (C=O) groups excluding carboxylic acids is 1. The molecule has 1 saturated carbocycles. The van der Waals surface area contributed by atoms with Gasteiger partial charge >= 0.3 is 5.97 Å². The van der Waals surface area contributed by atoms with Gasteiger partial charge in [0.2, 0.25) is 5.89 Å². The standard InChI is InChI=1S/C14H21N3O3/c1-19-13(18)8-11-4-2-3-7-17(11)9-12-15-14(16-20-12)10-5-6-10/h10-11H,2-9H2,1H3. The van der Waals surface area contributed by atoms with E-state index in [4.69, 9.17) is 9.26 Å². The van der Waals surface area contributed by atoms with Crippen molar-refractivity contribution in [2.24, 2.45) is 0 Å². The predicted octanol–water partition coefficient (Wildman–Crippen LogP) is 1.86. The van der Waals surface area contributed by atoms with E-state index in [1.165, 1.54) is 20.0 Å². The van der Waals surface area contributed by atoms with Crippen molar-refractivity contribution in [3.8, 4) is 0 Å². The number of methoxy groups -OCH3 is 1. The lowest BCUT2D eigenvalue weighted by molar-refractivity contribution is -0.142. The first-order valence-corrected chi connectivity index (χ1v) is 7.39. The summed E-state index contributed by atoms with van der Waals surface area (Å²) in [5.41, 5.74) is 0. The summed E-state index contributed by atoms with van der Waals surface area (Å²) in [5.74, 6) is 1.89. The van der Waals surface area contributed by atoms with Crippen LogP contribution in [0.15, 0.2) is 4.52 Å². The van der Waals surface area contributed by atoms with Crippen LogP contribution in [0.25, 0.3) is 0 Å². The van der Waals surface area contributed by atoms with Crippen LogP contribution in [0.3, 0.4) is 0 Å². The van der Waals surface area contributed by atoms with E-state index < -0.39 is 0 Å². The lowest BCUT2D eigenvalue weighted by Crippen LogP contribution is -2.40. The molecule has 1 aromatic rings. The molecule has 1 unspecified atom stereocenters. The molecule has 0 aromatic carbocycles. The first kappa shape index (κ1) is 13.5. The van der Waals surface area contributed by atoms with Crippen LogP contribution in [-0.4, -0.2) is 40.7 Å². The van der Waals surface area contributed by atoms with Crippen molar-refractivity contribution in [1.82, 2.24) is 15.0 Å². The molecule has 0 amide bonds. The third-order valence-electron chi connectivity index (χ3n) is 4.14. The first-order chi connectivity index (χ1) is 9.76. The van der Waals surface area contributed by atoms with Crippen molar-refractivity contribution in [1.29, 1.82) is 0 Å². The van der Waals surface area contributed by atoms with E-state index in [1.807, 2.05) is 0 Å². The van der Waals surface area contributed by atoms with E-state index in [0.717, 1.165) is 31.6 Å². The highest BCUT2D eigenvalue weighted by Crippen LogP contribution is 2.38. The second-order valence-electron chi connectivity index (χ2n) is 5.72. The number of carbonyl (C=O) groups is 1. The van der Waals surface area contributed by atoms with Gasteiger partial charge in [0.25, 0.3) is 0 Å². The second kappa shape index (κ2) is 5.91. The summed E-state index contributed by atoms with van der Waals surface area (Å²) in [5, 5.41) is 4.04. The predicted molar refractivity (Wildman–Crippen MR) is 71.0 cm³/mol. The number of hydrogen-bond donors (Lipinski definition) is 0. The van der Waals surface area contributed by atoms with E-state index in [9.17, 15) is 4.79 Å².